The van der Waals surface area contributed by atoms with Gasteiger partial charge in [-0.15, -0.1) is 0 Å². The Labute approximate surface area is 74.9 Å². The number of carbonyl (C=O) groups excluding carboxylic acids is 1. The second kappa shape index (κ2) is 3.88. The lowest BCUT2D eigenvalue weighted by Crippen LogP contribution is -2.02. The third-order valence-corrected chi connectivity index (χ3v) is 2.61. The molecule has 2 atom stereocenters. The Morgan fingerprint density at radius 3 is 2.58 bits per heavy atom. The van der Waals surface area contributed by atoms with Crippen molar-refractivity contribution in [1.82, 2.24) is 0 Å². The Hall–Kier alpha value is -0.590. The molecule has 0 spiro atoms. The fourth-order valence-electron chi connectivity index (χ4n) is 1.63. The lowest BCUT2D eigenvalue weighted by molar-refractivity contribution is -0.120. The van der Waals surface area contributed by atoms with Gasteiger partial charge in [-0.1, -0.05) is 25.5 Å². The average Bonchev–Trinajstić information content (AvgIpc) is 2.78. The first-order chi connectivity index (χ1) is 5.66. The van der Waals surface area contributed by atoms with Crippen LogP contribution in [0, 0.1) is 11.8 Å². The van der Waals surface area contributed by atoms with Crippen LogP contribution in [-0.2, 0) is 4.79 Å². The summed E-state index contributed by atoms with van der Waals surface area (Å²) in [6.07, 6.45) is 4.03. The minimum Gasteiger partial charge on any atom is -0.299 e. The van der Waals surface area contributed by atoms with Gasteiger partial charge in [-0.05, 0) is 25.7 Å². The molecule has 1 saturated carbocycles. The fourth-order valence-corrected chi connectivity index (χ4v) is 1.63. The highest BCUT2D eigenvalue weighted by atomic mass is 16.1. The number of allylic oxidation sites excluding steroid dienone is 1. The molecule has 0 saturated heterocycles. The molecule has 0 radical (unpaired) electrons. The standard InChI is InChI=1S/C11H18O/c1-4-5-6-11(12)10-7-9(10)8(2)3/h9-10H,2,4-7H2,1,3H3/t9-,10+/m1/s1. The maximum Gasteiger partial charge on any atom is 0.136 e. The van der Waals surface area contributed by atoms with Gasteiger partial charge in [-0.2, -0.15) is 0 Å². The van der Waals surface area contributed by atoms with Crippen LogP contribution in [0.4, 0.5) is 0 Å². The molecule has 0 aromatic rings. The van der Waals surface area contributed by atoms with Gasteiger partial charge in [0.1, 0.15) is 5.78 Å². The summed E-state index contributed by atoms with van der Waals surface area (Å²) in [4.78, 5) is 11.4. The number of unbranched alkanes of at least 4 members (excludes halogenated alkanes) is 1. The van der Waals surface area contributed by atoms with E-state index in [2.05, 4.69) is 13.5 Å². The summed E-state index contributed by atoms with van der Waals surface area (Å²) in [6, 6.07) is 0. The number of rotatable bonds is 5. The van der Waals surface area contributed by atoms with Crippen molar-refractivity contribution in [3.05, 3.63) is 12.2 Å². The number of hydrogen-bond donors (Lipinski definition) is 0. The van der Waals surface area contributed by atoms with Gasteiger partial charge in [0, 0.05) is 12.3 Å². The summed E-state index contributed by atoms with van der Waals surface area (Å²) >= 11 is 0. The first-order valence-electron chi connectivity index (χ1n) is 4.85. The topological polar surface area (TPSA) is 17.1 Å². The molecular weight excluding hydrogens is 148 g/mol. The molecule has 68 valence electrons. The molecule has 1 rings (SSSR count). The Kier molecular flexibility index (Phi) is 3.07. The monoisotopic (exact) mass is 166 g/mol. The van der Waals surface area contributed by atoms with Crippen LogP contribution < -0.4 is 0 Å². The maximum absolute atomic E-state index is 11.4. The predicted molar refractivity (Wildman–Crippen MR) is 50.9 cm³/mol. The molecule has 1 aliphatic carbocycles. The number of hydrogen-bond acceptors (Lipinski definition) is 1. The summed E-state index contributed by atoms with van der Waals surface area (Å²) in [5.41, 5.74) is 1.19. The lowest BCUT2D eigenvalue weighted by Gasteiger charge is -1.97. The smallest absolute Gasteiger partial charge is 0.136 e. The zero-order valence-corrected chi connectivity index (χ0v) is 8.10. The molecule has 0 heterocycles. The van der Waals surface area contributed by atoms with E-state index in [-0.39, 0.29) is 0 Å². The molecule has 1 heteroatoms. The van der Waals surface area contributed by atoms with Crippen LogP contribution in [-0.4, -0.2) is 5.78 Å². The molecular formula is C11H18O. The highest BCUT2D eigenvalue weighted by Gasteiger charge is 2.42. The van der Waals surface area contributed by atoms with Gasteiger partial charge in [-0.3, -0.25) is 4.79 Å². The first-order valence-corrected chi connectivity index (χ1v) is 4.85. The third-order valence-electron chi connectivity index (χ3n) is 2.61. The van der Waals surface area contributed by atoms with E-state index in [0.717, 1.165) is 25.7 Å². The van der Waals surface area contributed by atoms with Crippen molar-refractivity contribution < 1.29 is 4.79 Å². The Morgan fingerprint density at radius 2 is 2.17 bits per heavy atom. The third kappa shape index (κ3) is 2.20. The minimum atomic E-state index is 0.342. The van der Waals surface area contributed by atoms with Crippen LogP contribution in [0.3, 0.4) is 0 Å². The summed E-state index contributed by atoms with van der Waals surface area (Å²) in [5, 5.41) is 0. The largest absolute Gasteiger partial charge is 0.299 e. The van der Waals surface area contributed by atoms with Crippen LogP contribution >= 0.6 is 0 Å². The minimum absolute atomic E-state index is 0.342. The number of Topliss-reactive ketones (excluding diaryl/α,β-unsaturated/α-hetero) is 1. The van der Waals surface area contributed by atoms with Crippen molar-refractivity contribution in [2.45, 2.75) is 39.5 Å². The van der Waals surface area contributed by atoms with Gasteiger partial charge in [-0.25, -0.2) is 0 Å². The van der Waals surface area contributed by atoms with Crippen LogP contribution in [0.1, 0.15) is 39.5 Å². The van der Waals surface area contributed by atoms with Gasteiger partial charge in [0.25, 0.3) is 0 Å². The molecule has 12 heavy (non-hydrogen) atoms. The SMILES string of the molecule is C=C(C)[C@H]1C[C@@H]1C(=O)CCCC. The molecule has 0 amide bonds. The van der Waals surface area contributed by atoms with Crippen LogP contribution in [0.15, 0.2) is 12.2 Å². The molecule has 0 N–H and O–H groups in total. The van der Waals surface area contributed by atoms with Crippen LogP contribution in [0.5, 0.6) is 0 Å². The van der Waals surface area contributed by atoms with E-state index in [1.54, 1.807) is 0 Å². The molecule has 0 aromatic carbocycles. The fraction of sp³-hybridized carbons (Fsp3) is 0.727. The second-order valence-electron chi connectivity index (χ2n) is 3.86. The summed E-state index contributed by atoms with van der Waals surface area (Å²) in [5.74, 6) is 1.33. The Balaban J connectivity index is 2.24. The van der Waals surface area contributed by atoms with Crippen LogP contribution in [0.25, 0.3) is 0 Å². The van der Waals surface area contributed by atoms with Gasteiger partial charge in [0.05, 0.1) is 0 Å². The van der Waals surface area contributed by atoms with Gasteiger partial charge in [0.15, 0.2) is 0 Å². The average molecular weight is 166 g/mol. The summed E-state index contributed by atoms with van der Waals surface area (Å²) < 4.78 is 0. The van der Waals surface area contributed by atoms with E-state index >= 15 is 0 Å². The molecule has 0 unspecified atom stereocenters. The van der Waals surface area contributed by atoms with Crippen molar-refractivity contribution in [2.24, 2.45) is 11.8 Å². The zero-order valence-electron chi connectivity index (χ0n) is 8.10. The van der Waals surface area contributed by atoms with Crippen LogP contribution in [0.2, 0.25) is 0 Å². The van der Waals surface area contributed by atoms with E-state index in [0.29, 0.717) is 17.6 Å². The van der Waals surface area contributed by atoms with E-state index in [1.165, 1.54) is 5.57 Å². The van der Waals surface area contributed by atoms with Crippen molar-refractivity contribution in [3.8, 4) is 0 Å². The normalized spacial score (nSPS) is 26.8. The highest BCUT2D eigenvalue weighted by molar-refractivity contribution is 5.84. The van der Waals surface area contributed by atoms with Crippen molar-refractivity contribution >= 4 is 5.78 Å². The van der Waals surface area contributed by atoms with Gasteiger partial charge < -0.3 is 0 Å². The molecule has 1 aliphatic rings. The van der Waals surface area contributed by atoms with E-state index < -0.39 is 0 Å². The zero-order chi connectivity index (χ0) is 9.14. The Morgan fingerprint density at radius 1 is 1.50 bits per heavy atom. The quantitative estimate of drug-likeness (QED) is 0.574. The Bertz CT molecular complexity index is 193. The molecule has 1 fully saturated rings. The summed E-state index contributed by atoms with van der Waals surface area (Å²) in [6.45, 7) is 8.02. The first kappa shape index (κ1) is 9.50. The lowest BCUT2D eigenvalue weighted by atomic mass is 10.1. The molecule has 0 aromatic heterocycles. The highest BCUT2D eigenvalue weighted by Crippen LogP contribution is 2.44. The maximum atomic E-state index is 11.4. The van der Waals surface area contributed by atoms with Crippen molar-refractivity contribution in [1.29, 1.82) is 0 Å². The second-order valence-corrected chi connectivity index (χ2v) is 3.86. The number of carbonyl (C=O) groups is 1. The molecule has 0 bridgehead atoms. The van der Waals surface area contributed by atoms with E-state index in [1.807, 2.05) is 6.92 Å². The van der Waals surface area contributed by atoms with Gasteiger partial charge >= 0.3 is 0 Å². The van der Waals surface area contributed by atoms with Crippen molar-refractivity contribution in [3.63, 3.8) is 0 Å². The predicted octanol–water partition coefficient (Wildman–Crippen LogP) is 2.96. The van der Waals surface area contributed by atoms with E-state index in [4.69, 9.17) is 0 Å². The summed E-state index contributed by atoms with van der Waals surface area (Å²) in [7, 11) is 0. The number of ketones is 1. The van der Waals surface area contributed by atoms with Crippen molar-refractivity contribution in [2.75, 3.05) is 0 Å². The molecule has 1 nitrogen and oxygen atoms in total. The van der Waals surface area contributed by atoms with Gasteiger partial charge in [0.2, 0.25) is 0 Å². The molecule has 0 aliphatic heterocycles. The van der Waals surface area contributed by atoms with E-state index in [9.17, 15) is 4.79 Å².